The molecule has 0 aliphatic carbocycles. The number of fused-ring (bicyclic) bond motifs is 1. The van der Waals surface area contributed by atoms with Crippen molar-refractivity contribution in [3.05, 3.63) is 69.1 Å². The minimum absolute atomic E-state index is 0.0354. The Kier molecular flexibility index (Phi) is 9.09. The third kappa shape index (κ3) is 6.62. The number of rotatable bonds is 12. The SMILES string of the molecule is CCCN(CCNC=O)c1ccnc2c1cc(C(=O)NCc1ccc(Cl)cc1)c(=O)n2CC(=O)N1CC(C)(C)C1. The number of anilines is 1. The highest BCUT2D eigenvalue weighted by atomic mass is 35.5. The molecule has 2 aromatic heterocycles. The molecule has 3 amide bonds. The van der Waals surface area contributed by atoms with Crippen LogP contribution in [-0.2, 0) is 22.7 Å². The molecule has 1 saturated heterocycles. The van der Waals surface area contributed by atoms with E-state index in [4.69, 9.17) is 11.6 Å². The average Bonchev–Trinajstić information content (AvgIpc) is 2.91. The summed E-state index contributed by atoms with van der Waals surface area (Å²) in [4.78, 5) is 59.3. The topological polar surface area (TPSA) is 117 Å². The van der Waals surface area contributed by atoms with Gasteiger partial charge in [0.1, 0.15) is 17.8 Å². The first-order chi connectivity index (χ1) is 19.1. The summed E-state index contributed by atoms with van der Waals surface area (Å²) in [7, 11) is 0. The van der Waals surface area contributed by atoms with Crippen LogP contribution in [0.1, 0.15) is 43.1 Å². The molecule has 40 heavy (non-hydrogen) atoms. The number of aromatic nitrogens is 2. The number of carbonyl (C=O) groups excluding carboxylic acids is 3. The molecule has 10 nitrogen and oxygen atoms in total. The van der Waals surface area contributed by atoms with Gasteiger partial charge in [-0.1, -0.05) is 44.5 Å². The second-order valence-electron chi connectivity index (χ2n) is 10.8. The summed E-state index contributed by atoms with van der Waals surface area (Å²) < 4.78 is 1.30. The molecule has 1 aliphatic heterocycles. The summed E-state index contributed by atoms with van der Waals surface area (Å²) in [6.07, 6.45) is 3.08. The van der Waals surface area contributed by atoms with Crippen LogP contribution >= 0.6 is 11.6 Å². The van der Waals surface area contributed by atoms with Crippen LogP contribution in [0.3, 0.4) is 0 Å². The highest BCUT2D eigenvalue weighted by Gasteiger charge is 2.37. The van der Waals surface area contributed by atoms with Crippen molar-refractivity contribution in [3.8, 4) is 0 Å². The van der Waals surface area contributed by atoms with Gasteiger partial charge in [0.05, 0.1) is 0 Å². The first-order valence-corrected chi connectivity index (χ1v) is 13.8. The number of benzene rings is 1. The van der Waals surface area contributed by atoms with Gasteiger partial charge >= 0.3 is 0 Å². The van der Waals surface area contributed by atoms with E-state index in [1.165, 1.54) is 4.57 Å². The fourth-order valence-corrected chi connectivity index (χ4v) is 5.12. The third-order valence-corrected chi connectivity index (χ3v) is 7.16. The molecular formula is C29H35ClN6O4. The molecule has 1 aromatic carbocycles. The van der Waals surface area contributed by atoms with Gasteiger partial charge in [-0.05, 0) is 41.7 Å². The van der Waals surface area contributed by atoms with Crippen LogP contribution in [0.5, 0.6) is 0 Å². The average molecular weight is 567 g/mol. The van der Waals surface area contributed by atoms with Crippen molar-refractivity contribution < 1.29 is 14.4 Å². The quantitative estimate of drug-likeness (QED) is 0.257. The third-order valence-electron chi connectivity index (χ3n) is 6.90. The van der Waals surface area contributed by atoms with Crippen molar-refractivity contribution >= 4 is 46.5 Å². The lowest BCUT2D eigenvalue weighted by atomic mass is 9.84. The Hall–Kier alpha value is -3.92. The fraction of sp³-hybridized carbons (Fsp3) is 0.414. The number of hydrogen-bond donors (Lipinski definition) is 2. The lowest BCUT2D eigenvalue weighted by Crippen LogP contribution is -2.56. The van der Waals surface area contributed by atoms with Crippen molar-refractivity contribution in [1.82, 2.24) is 25.1 Å². The van der Waals surface area contributed by atoms with Gasteiger partial charge in [-0.15, -0.1) is 0 Å². The molecule has 212 valence electrons. The highest BCUT2D eigenvalue weighted by Crippen LogP contribution is 2.29. The van der Waals surface area contributed by atoms with E-state index in [1.807, 2.05) is 13.0 Å². The second-order valence-corrected chi connectivity index (χ2v) is 11.2. The van der Waals surface area contributed by atoms with Gasteiger partial charge < -0.3 is 20.4 Å². The molecule has 3 heterocycles. The van der Waals surface area contributed by atoms with E-state index in [0.717, 1.165) is 17.7 Å². The maximum atomic E-state index is 13.7. The van der Waals surface area contributed by atoms with Crippen LogP contribution in [0.2, 0.25) is 5.02 Å². The van der Waals surface area contributed by atoms with Crippen LogP contribution in [0.15, 0.2) is 47.4 Å². The van der Waals surface area contributed by atoms with Crippen LogP contribution < -0.4 is 21.1 Å². The molecule has 2 N–H and O–H groups in total. The van der Waals surface area contributed by atoms with Gasteiger partial charge in [0.25, 0.3) is 11.5 Å². The Labute approximate surface area is 238 Å². The van der Waals surface area contributed by atoms with Crippen molar-refractivity contribution in [2.24, 2.45) is 5.41 Å². The van der Waals surface area contributed by atoms with Gasteiger partial charge in [0.2, 0.25) is 12.3 Å². The van der Waals surface area contributed by atoms with E-state index in [9.17, 15) is 19.2 Å². The van der Waals surface area contributed by atoms with Gasteiger partial charge in [0, 0.05) is 61.6 Å². The van der Waals surface area contributed by atoms with Gasteiger partial charge in [-0.25, -0.2) is 4.98 Å². The molecule has 0 radical (unpaired) electrons. The summed E-state index contributed by atoms with van der Waals surface area (Å²) in [5, 5.41) is 6.67. The predicted molar refractivity (Wildman–Crippen MR) is 156 cm³/mol. The van der Waals surface area contributed by atoms with Gasteiger partial charge in [-0.3, -0.25) is 23.7 Å². The molecule has 0 bridgehead atoms. The minimum Gasteiger partial charge on any atom is -0.369 e. The monoisotopic (exact) mass is 566 g/mol. The molecule has 0 atom stereocenters. The number of likely N-dealkylation sites (tertiary alicyclic amines) is 1. The van der Waals surface area contributed by atoms with Crippen molar-refractivity contribution in [2.45, 2.75) is 40.3 Å². The number of hydrogen-bond acceptors (Lipinski definition) is 6. The number of nitrogens with zero attached hydrogens (tertiary/aromatic N) is 4. The van der Waals surface area contributed by atoms with Crippen molar-refractivity contribution in [3.63, 3.8) is 0 Å². The van der Waals surface area contributed by atoms with Crippen LogP contribution in [0.4, 0.5) is 5.69 Å². The number of pyridine rings is 2. The maximum Gasteiger partial charge on any atom is 0.265 e. The van der Waals surface area contributed by atoms with Crippen LogP contribution in [0.25, 0.3) is 11.0 Å². The van der Waals surface area contributed by atoms with E-state index in [2.05, 4.69) is 34.4 Å². The number of halogens is 1. The predicted octanol–water partition coefficient (Wildman–Crippen LogP) is 2.81. The van der Waals surface area contributed by atoms with Crippen LogP contribution in [-0.4, -0.2) is 65.4 Å². The van der Waals surface area contributed by atoms with E-state index in [1.54, 1.807) is 41.4 Å². The summed E-state index contributed by atoms with van der Waals surface area (Å²) in [6, 6.07) is 10.4. The smallest absolute Gasteiger partial charge is 0.265 e. The van der Waals surface area contributed by atoms with Crippen molar-refractivity contribution in [1.29, 1.82) is 0 Å². The molecule has 4 rings (SSSR count). The zero-order chi connectivity index (χ0) is 28.9. The first-order valence-electron chi connectivity index (χ1n) is 13.4. The molecule has 1 fully saturated rings. The number of carbonyl (C=O) groups is 3. The zero-order valence-corrected chi connectivity index (χ0v) is 23.8. The summed E-state index contributed by atoms with van der Waals surface area (Å²) >= 11 is 5.97. The zero-order valence-electron chi connectivity index (χ0n) is 23.1. The Morgan fingerprint density at radius 3 is 2.52 bits per heavy atom. The normalized spacial score (nSPS) is 13.9. The Morgan fingerprint density at radius 1 is 1.15 bits per heavy atom. The molecule has 3 aromatic rings. The van der Waals surface area contributed by atoms with Crippen LogP contribution in [0, 0.1) is 5.41 Å². The highest BCUT2D eigenvalue weighted by molar-refractivity contribution is 6.30. The first kappa shape index (κ1) is 29.1. The summed E-state index contributed by atoms with van der Waals surface area (Å²) in [6.45, 7) is 9.02. The number of nitrogens with one attached hydrogen (secondary N) is 2. The van der Waals surface area contributed by atoms with E-state index >= 15 is 0 Å². The van der Waals surface area contributed by atoms with Crippen molar-refractivity contribution in [2.75, 3.05) is 37.6 Å². The maximum absolute atomic E-state index is 13.7. The molecule has 0 saturated carbocycles. The Morgan fingerprint density at radius 2 is 1.88 bits per heavy atom. The molecule has 11 heteroatoms. The lowest BCUT2D eigenvalue weighted by Gasteiger charge is -2.45. The molecule has 0 unspecified atom stereocenters. The fourth-order valence-electron chi connectivity index (χ4n) is 5.00. The number of amides is 3. The largest absolute Gasteiger partial charge is 0.369 e. The Balaban J connectivity index is 1.75. The van der Waals surface area contributed by atoms with E-state index < -0.39 is 11.5 Å². The standard InChI is InChI=1S/C29H35ClN6O4/c1-4-12-34(13-11-31-19-37)24-9-10-32-26-22(24)14-23(27(39)33-15-20-5-7-21(30)8-6-20)28(40)36(26)16-25(38)35-17-29(2,3)18-35/h5-10,14,19H,4,11-13,15-18H2,1-3H3,(H,31,37)(H,33,39). The Bertz CT molecular complexity index is 1450. The van der Waals surface area contributed by atoms with E-state index in [0.29, 0.717) is 55.2 Å². The molecule has 1 aliphatic rings. The second kappa shape index (κ2) is 12.5. The molecular weight excluding hydrogens is 532 g/mol. The molecule has 0 spiro atoms. The van der Waals surface area contributed by atoms with Gasteiger partial charge in [0.15, 0.2) is 0 Å². The summed E-state index contributed by atoms with van der Waals surface area (Å²) in [5.41, 5.74) is 1.30. The lowest BCUT2D eigenvalue weighted by molar-refractivity contribution is -0.142. The van der Waals surface area contributed by atoms with Gasteiger partial charge in [-0.2, -0.15) is 0 Å². The van der Waals surface area contributed by atoms with E-state index in [-0.39, 0.29) is 30.0 Å². The summed E-state index contributed by atoms with van der Waals surface area (Å²) in [5.74, 6) is -0.748. The minimum atomic E-state index is -0.580.